The number of anilines is 1. The Bertz CT molecular complexity index is 1620. The number of aryl methyl sites for hydroxylation is 1. The summed E-state index contributed by atoms with van der Waals surface area (Å²) in [6.07, 6.45) is 3.20. The fourth-order valence-corrected chi connectivity index (χ4v) is 5.04. The number of aromatic nitrogens is 4. The van der Waals surface area contributed by atoms with Gasteiger partial charge < -0.3 is 9.80 Å². The van der Waals surface area contributed by atoms with Gasteiger partial charge in [0.1, 0.15) is 17.5 Å². The van der Waals surface area contributed by atoms with E-state index < -0.39 is 5.82 Å². The monoisotopic (exact) mass is 520 g/mol. The van der Waals surface area contributed by atoms with E-state index in [0.717, 1.165) is 46.9 Å². The molecule has 0 atom stereocenters. The minimum absolute atomic E-state index is 0.152. The van der Waals surface area contributed by atoms with Crippen LogP contribution in [-0.4, -0.2) is 56.7 Å². The van der Waals surface area contributed by atoms with Crippen LogP contribution in [-0.2, 0) is 6.42 Å². The molecule has 196 valence electrons. The maximum Gasteiger partial charge on any atom is 0.254 e. The summed E-state index contributed by atoms with van der Waals surface area (Å²) in [5.41, 5.74) is 4.41. The van der Waals surface area contributed by atoms with E-state index in [4.69, 9.17) is 9.97 Å². The topological polar surface area (TPSA) is 67.2 Å². The highest BCUT2D eigenvalue weighted by atomic mass is 19.1. The predicted octanol–water partition coefficient (Wildman–Crippen LogP) is 5.21. The molecule has 0 saturated carbocycles. The first-order valence-electron chi connectivity index (χ1n) is 13.2. The van der Waals surface area contributed by atoms with Gasteiger partial charge in [0.25, 0.3) is 5.91 Å². The number of hydrogen-bond acceptors (Lipinski definition) is 5. The Morgan fingerprint density at radius 3 is 2.51 bits per heavy atom. The first kappa shape index (κ1) is 24.7. The minimum atomic E-state index is -0.405. The largest absolute Gasteiger partial charge is 0.354 e. The molecule has 1 saturated heterocycles. The molecule has 8 heteroatoms. The molecule has 0 spiro atoms. The number of fused-ring (bicyclic) bond motifs is 1. The van der Waals surface area contributed by atoms with E-state index >= 15 is 0 Å². The molecule has 2 aromatic heterocycles. The van der Waals surface area contributed by atoms with Crippen molar-refractivity contribution in [1.29, 1.82) is 0 Å². The molecule has 6 rings (SSSR count). The predicted molar refractivity (Wildman–Crippen MR) is 150 cm³/mol. The molecule has 1 aliphatic rings. The van der Waals surface area contributed by atoms with Crippen LogP contribution in [0.1, 0.15) is 33.7 Å². The Morgan fingerprint density at radius 2 is 1.72 bits per heavy atom. The van der Waals surface area contributed by atoms with Gasteiger partial charge >= 0.3 is 0 Å². The summed E-state index contributed by atoms with van der Waals surface area (Å²) in [4.78, 5) is 27.1. The standard InChI is InChI=1S/C31H29FN6O/c1-22-11-13-23(14-12-22)19-28-34-29(27-21-33-38(30(27)35-28)26-9-3-2-4-10-26)36-15-6-16-37(18-17-36)31(39)24-7-5-8-25(32)20-24/h2-5,7-14,20-21H,6,15-19H2,1H3. The van der Waals surface area contributed by atoms with Crippen molar-refractivity contribution in [2.24, 2.45) is 0 Å². The third kappa shape index (κ3) is 5.23. The summed E-state index contributed by atoms with van der Waals surface area (Å²) >= 11 is 0. The van der Waals surface area contributed by atoms with E-state index in [1.807, 2.05) is 41.2 Å². The zero-order valence-corrected chi connectivity index (χ0v) is 21.8. The first-order valence-corrected chi connectivity index (χ1v) is 13.2. The average Bonchev–Trinajstić information content (AvgIpc) is 3.23. The number of hydrogen-bond donors (Lipinski definition) is 0. The van der Waals surface area contributed by atoms with Crippen LogP contribution in [0.2, 0.25) is 0 Å². The van der Waals surface area contributed by atoms with Crippen LogP contribution in [0.5, 0.6) is 0 Å². The lowest BCUT2D eigenvalue weighted by atomic mass is 10.1. The normalized spacial score (nSPS) is 14.0. The molecule has 7 nitrogen and oxygen atoms in total. The third-order valence-electron chi connectivity index (χ3n) is 7.09. The van der Waals surface area contributed by atoms with Crippen LogP contribution in [0.15, 0.2) is 85.1 Å². The van der Waals surface area contributed by atoms with Crippen molar-refractivity contribution in [3.05, 3.63) is 113 Å². The first-order chi connectivity index (χ1) is 19.0. The highest BCUT2D eigenvalue weighted by Gasteiger charge is 2.24. The second-order valence-corrected chi connectivity index (χ2v) is 9.90. The summed E-state index contributed by atoms with van der Waals surface area (Å²) in [6.45, 7) is 4.53. The number of amides is 1. The van der Waals surface area contributed by atoms with Gasteiger partial charge in [-0.05, 0) is 49.2 Å². The minimum Gasteiger partial charge on any atom is -0.354 e. The molecule has 0 N–H and O–H groups in total. The fraction of sp³-hybridized carbons (Fsp3) is 0.226. The molecule has 1 fully saturated rings. The molecule has 0 bridgehead atoms. The van der Waals surface area contributed by atoms with Crippen LogP contribution in [0.4, 0.5) is 10.2 Å². The molecule has 3 heterocycles. The second kappa shape index (κ2) is 10.6. The van der Waals surface area contributed by atoms with Crippen LogP contribution in [0.3, 0.4) is 0 Å². The summed E-state index contributed by atoms with van der Waals surface area (Å²) < 4.78 is 15.6. The van der Waals surface area contributed by atoms with Crippen molar-refractivity contribution in [2.45, 2.75) is 19.8 Å². The maximum atomic E-state index is 13.7. The number of carbonyl (C=O) groups is 1. The summed E-state index contributed by atoms with van der Waals surface area (Å²) in [5, 5.41) is 5.55. The van der Waals surface area contributed by atoms with Crippen molar-refractivity contribution in [1.82, 2.24) is 24.6 Å². The molecule has 1 aliphatic heterocycles. The smallest absolute Gasteiger partial charge is 0.254 e. The maximum absolute atomic E-state index is 13.7. The van der Waals surface area contributed by atoms with E-state index in [2.05, 4.69) is 41.2 Å². The van der Waals surface area contributed by atoms with Crippen molar-refractivity contribution < 1.29 is 9.18 Å². The van der Waals surface area contributed by atoms with Crippen LogP contribution in [0.25, 0.3) is 16.7 Å². The number of halogens is 1. The van der Waals surface area contributed by atoms with Gasteiger partial charge in [-0.15, -0.1) is 0 Å². The lowest BCUT2D eigenvalue weighted by molar-refractivity contribution is 0.0766. The number of carbonyl (C=O) groups excluding carboxylic acids is 1. The lowest BCUT2D eigenvalue weighted by Crippen LogP contribution is -2.35. The summed E-state index contributed by atoms with van der Waals surface area (Å²) in [6, 6.07) is 24.3. The molecule has 1 amide bonds. The van der Waals surface area contributed by atoms with Gasteiger partial charge in [0.05, 0.1) is 17.3 Å². The van der Waals surface area contributed by atoms with E-state index in [1.165, 1.54) is 17.7 Å². The Morgan fingerprint density at radius 1 is 0.897 bits per heavy atom. The van der Waals surface area contributed by atoms with Gasteiger partial charge in [-0.3, -0.25) is 4.79 Å². The van der Waals surface area contributed by atoms with Crippen molar-refractivity contribution in [3.63, 3.8) is 0 Å². The fourth-order valence-electron chi connectivity index (χ4n) is 5.04. The van der Waals surface area contributed by atoms with Gasteiger partial charge in [-0.2, -0.15) is 5.10 Å². The van der Waals surface area contributed by atoms with E-state index in [-0.39, 0.29) is 5.91 Å². The Kier molecular flexibility index (Phi) is 6.75. The number of nitrogens with zero attached hydrogens (tertiary/aromatic N) is 6. The van der Waals surface area contributed by atoms with Gasteiger partial charge in [0, 0.05) is 38.2 Å². The van der Waals surface area contributed by atoms with E-state index in [9.17, 15) is 9.18 Å². The molecule has 39 heavy (non-hydrogen) atoms. The molecule has 5 aromatic rings. The van der Waals surface area contributed by atoms with Crippen LogP contribution >= 0.6 is 0 Å². The molecule has 0 aliphatic carbocycles. The van der Waals surface area contributed by atoms with Gasteiger partial charge in [0.2, 0.25) is 0 Å². The quantitative estimate of drug-likeness (QED) is 0.318. The van der Waals surface area contributed by atoms with Gasteiger partial charge in [-0.1, -0.05) is 54.1 Å². The van der Waals surface area contributed by atoms with Gasteiger partial charge in [-0.25, -0.2) is 19.0 Å². The highest BCUT2D eigenvalue weighted by Crippen LogP contribution is 2.28. The average molecular weight is 521 g/mol. The van der Waals surface area contributed by atoms with Crippen molar-refractivity contribution in [3.8, 4) is 5.69 Å². The number of benzene rings is 3. The zero-order chi connectivity index (χ0) is 26.8. The van der Waals surface area contributed by atoms with Crippen LogP contribution in [0, 0.1) is 12.7 Å². The molecule has 0 unspecified atom stereocenters. The highest BCUT2D eigenvalue weighted by molar-refractivity contribution is 5.94. The molecular weight excluding hydrogens is 491 g/mol. The second-order valence-electron chi connectivity index (χ2n) is 9.90. The van der Waals surface area contributed by atoms with Gasteiger partial charge in [0.15, 0.2) is 5.65 Å². The van der Waals surface area contributed by atoms with E-state index in [1.54, 1.807) is 17.0 Å². The number of para-hydroxylation sites is 1. The Labute approximate surface area is 226 Å². The lowest BCUT2D eigenvalue weighted by Gasteiger charge is -2.24. The third-order valence-corrected chi connectivity index (χ3v) is 7.09. The van der Waals surface area contributed by atoms with Crippen molar-refractivity contribution >= 4 is 22.8 Å². The summed E-state index contributed by atoms with van der Waals surface area (Å²) in [5.74, 6) is 0.985. The Hall–Kier alpha value is -4.59. The molecular formula is C31H29FN6O. The van der Waals surface area contributed by atoms with E-state index in [0.29, 0.717) is 31.6 Å². The molecule has 3 aromatic carbocycles. The zero-order valence-electron chi connectivity index (χ0n) is 21.8. The molecule has 0 radical (unpaired) electrons. The number of rotatable bonds is 5. The van der Waals surface area contributed by atoms with Crippen LogP contribution < -0.4 is 4.90 Å². The Balaban J connectivity index is 1.34. The SMILES string of the molecule is Cc1ccc(Cc2nc(N3CCCN(C(=O)c4cccc(F)c4)CC3)c3cnn(-c4ccccc4)c3n2)cc1. The van der Waals surface area contributed by atoms with Crippen molar-refractivity contribution in [2.75, 3.05) is 31.1 Å². The summed E-state index contributed by atoms with van der Waals surface area (Å²) in [7, 11) is 0.